The van der Waals surface area contributed by atoms with E-state index in [1.165, 1.54) is 6.07 Å². The third-order valence-corrected chi connectivity index (χ3v) is 5.02. The Labute approximate surface area is 186 Å². The van der Waals surface area contributed by atoms with Crippen molar-refractivity contribution in [3.8, 4) is 5.75 Å². The Morgan fingerprint density at radius 2 is 1.81 bits per heavy atom. The number of hydrogen-bond acceptors (Lipinski definition) is 7. The van der Waals surface area contributed by atoms with E-state index in [2.05, 4.69) is 20.8 Å². The normalized spacial score (nSPS) is 10.6. The van der Waals surface area contributed by atoms with Crippen molar-refractivity contribution in [3.63, 3.8) is 0 Å². The zero-order valence-corrected chi connectivity index (χ0v) is 17.9. The molecule has 8 nitrogen and oxygen atoms in total. The molecule has 0 aliphatic rings. The van der Waals surface area contributed by atoms with Crippen molar-refractivity contribution < 1.29 is 27.8 Å². The number of aromatic nitrogens is 2. The van der Waals surface area contributed by atoms with Crippen molar-refractivity contribution >= 4 is 28.8 Å². The molecule has 0 atom stereocenters. The molecule has 32 heavy (non-hydrogen) atoms. The lowest BCUT2D eigenvalue weighted by Gasteiger charge is -2.07. The molecule has 3 rings (SSSR count). The van der Waals surface area contributed by atoms with Crippen LogP contribution in [0, 0.1) is 11.6 Å². The number of nitrogens with zero attached hydrogens (tertiary/aromatic N) is 2. The van der Waals surface area contributed by atoms with Gasteiger partial charge in [0, 0.05) is 37.6 Å². The van der Waals surface area contributed by atoms with E-state index >= 15 is 0 Å². The molecule has 2 N–H and O–H groups in total. The number of anilines is 1. The third kappa shape index (κ3) is 6.53. The van der Waals surface area contributed by atoms with Crippen LogP contribution in [0.15, 0.2) is 42.5 Å². The van der Waals surface area contributed by atoms with Crippen LogP contribution in [0.2, 0.25) is 0 Å². The molecule has 0 saturated carbocycles. The van der Waals surface area contributed by atoms with Crippen molar-refractivity contribution in [3.05, 3.63) is 69.7 Å². The maximum absolute atomic E-state index is 13.3. The number of hydrogen-bond donors (Lipinski definition) is 2. The summed E-state index contributed by atoms with van der Waals surface area (Å²) in [6.45, 7) is 1.17. The summed E-state index contributed by atoms with van der Waals surface area (Å²) >= 11 is 1.01. The van der Waals surface area contributed by atoms with Crippen LogP contribution in [-0.4, -0.2) is 42.3 Å². The predicted octanol–water partition coefficient (Wildman–Crippen LogP) is 3.41. The number of benzene rings is 2. The quantitative estimate of drug-likeness (QED) is 0.448. The van der Waals surface area contributed by atoms with Gasteiger partial charge in [0.25, 0.3) is 11.8 Å². The maximum atomic E-state index is 13.3. The Bertz CT molecular complexity index is 1080. The summed E-state index contributed by atoms with van der Waals surface area (Å²) in [5.41, 5.74) is 0.603. The van der Waals surface area contributed by atoms with Crippen molar-refractivity contribution in [1.82, 2.24) is 15.5 Å². The number of ether oxygens (including phenoxy) is 2. The van der Waals surface area contributed by atoms with Crippen molar-refractivity contribution in [2.75, 3.05) is 25.6 Å². The second-order valence-corrected chi connectivity index (χ2v) is 7.56. The fourth-order valence-electron chi connectivity index (χ4n) is 2.53. The van der Waals surface area contributed by atoms with E-state index < -0.39 is 17.5 Å². The first-order chi connectivity index (χ1) is 15.5. The van der Waals surface area contributed by atoms with Gasteiger partial charge in [-0.15, -0.1) is 10.2 Å². The van der Waals surface area contributed by atoms with E-state index in [-0.39, 0.29) is 23.2 Å². The molecule has 0 radical (unpaired) electrons. The van der Waals surface area contributed by atoms with Gasteiger partial charge in [-0.25, -0.2) is 8.78 Å². The van der Waals surface area contributed by atoms with Crippen LogP contribution in [0.4, 0.5) is 14.5 Å². The zero-order valence-electron chi connectivity index (χ0n) is 17.1. The van der Waals surface area contributed by atoms with E-state index in [4.69, 9.17) is 9.47 Å². The average molecular weight is 462 g/mol. The molecule has 2 amide bonds. The van der Waals surface area contributed by atoms with Crippen molar-refractivity contribution in [2.24, 2.45) is 0 Å². The summed E-state index contributed by atoms with van der Waals surface area (Å²) in [5, 5.41) is 13.4. The monoisotopic (exact) mass is 462 g/mol. The SMILES string of the molecule is COCCCNC(=O)c1ccc(OCc2nnc(C(=O)Nc3ccc(F)c(F)c3)s2)cc1. The Hall–Kier alpha value is -3.44. The van der Waals surface area contributed by atoms with Crippen LogP contribution in [0.1, 0.15) is 31.6 Å². The standard InChI is InChI=1S/C21H20F2N4O4S/c1-30-10-2-9-24-19(28)13-3-6-15(7-4-13)31-12-18-26-27-21(32-18)20(29)25-14-5-8-16(22)17(23)11-14/h3-8,11H,2,9-10,12H2,1H3,(H,24,28)(H,25,29). The first-order valence-electron chi connectivity index (χ1n) is 9.55. The topological polar surface area (TPSA) is 102 Å². The lowest BCUT2D eigenvalue weighted by atomic mass is 10.2. The lowest BCUT2D eigenvalue weighted by Crippen LogP contribution is -2.25. The van der Waals surface area contributed by atoms with Crippen LogP contribution in [-0.2, 0) is 11.3 Å². The number of carbonyl (C=O) groups is 2. The predicted molar refractivity (Wildman–Crippen MR) is 114 cm³/mol. The highest BCUT2D eigenvalue weighted by Crippen LogP contribution is 2.18. The summed E-state index contributed by atoms with van der Waals surface area (Å²) in [7, 11) is 1.61. The minimum absolute atomic E-state index is 0.0498. The molecule has 0 aliphatic heterocycles. The Balaban J connectivity index is 1.49. The number of methoxy groups -OCH3 is 1. The van der Waals surface area contributed by atoms with Crippen molar-refractivity contribution in [2.45, 2.75) is 13.0 Å². The van der Waals surface area contributed by atoms with E-state index in [0.29, 0.717) is 29.5 Å². The van der Waals surface area contributed by atoms with Crippen LogP contribution in [0.5, 0.6) is 5.75 Å². The van der Waals surface area contributed by atoms with Gasteiger partial charge in [0.2, 0.25) is 5.01 Å². The van der Waals surface area contributed by atoms with E-state index in [9.17, 15) is 18.4 Å². The van der Waals surface area contributed by atoms with E-state index in [1.807, 2.05) is 0 Å². The smallest absolute Gasteiger partial charge is 0.286 e. The van der Waals surface area contributed by atoms with Gasteiger partial charge in [0.05, 0.1) is 0 Å². The number of rotatable bonds is 10. The molecule has 0 unspecified atom stereocenters. The minimum Gasteiger partial charge on any atom is -0.486 e. The minimum atomic E-state index is -1.07. The Kier molecular flexibility index (Phi) is 8.17. The first kappa shape index (κ1) is 23.2. The molecule has 1 heterocycles. The second-order valence-electron chi connectivity index (χ2n) is 6.50. The highest BCUT2D eigenvalue weighted by Gasteiger charge is 2.15. The summed E-state index contributed by atoms with van der Waals surface area (Å²) < 4.78 is 36.8. The molecular weight excluding hydrogens is 442 g/mol. The molecule has 3 aromatic rings. The number of carbonyl (C=O) groups excluding carboxylic acids is 2. The molecule has 0 saturated heterocycles. The van der Waals surface area contributed by atoms with Crippen molar-refractivity contribution in [1.29, 1.82) is 0 Å². The average Bonchev–Trinajstić information content (AvgIpc) is 3.27. The molecule has 0 fully saturated rings. The second kappa shape index (κ2) is 11.3. The maximum Gasteiger partial charge on any atom is 0.286 e. The molecule has 2 aromatic carbocycles. The Morgan fingerprint density at radius 1 is 1.03 bits per heavy atom. The fraction of sp³-hybridized carbons (Fsp3) is 0.238. The third-order valence-electron chi connectivity index (χ3n) is 4.13. The summed E-state index contributed by atoms with van der Waals surface area (Å²) in [5.74, 6) is -2.34. The molecule has 0 spiro atoms. The largest absolute Gasteiger partial charge is 0.486 e. The van der Waals surface area contributed by atoms with Gasteiger partial charge in [0.15, 0.2) is 16.6 Å². The Morgan fingerprint density at radius 3 is 2.53 bits per heavy atom. The fourth-order valence-corrected chi connectivity index (χ4v) is 3.18. The lowest BCUT2D eigenvalue weighted by molar-refractivity contribution is 0.0947. The van der Waals surface area contributed by atoms with Gasteiger partial charge in [0.1, 0.15) is 12.4 Å². The molecular formula is C21H20F2N4O4S. The van der Waals surface area contributed by atoms with Gasteiger partial charge < -0.3 is 20.1 Å². The van der Waals surface area contributed by atoms with Gasteiger partial charge in [-0.05, 0) is 42.8 Å². The van der Waals surface area contributed by atoms with E-state index in [0.717, 1.165) is 29.9 Å². The molecule has 11 heteroatoms. The van der Waals surface area contributed by atoms with Gasteiger partial charge in [-0.1, -0.05) is 11.3 Å². The van der Waals surface area contributed by atoms with Gasteiger partial charge >= 0.3 is 0 Å². The highest BCUT2D eigenvalue weighted by atomic mass is 32.1. The van der Waals surface area contributed by atoms with Gasteiger partial charge in [-0.2, -0.15) is 0 Å². The molecule has 1 aromatic heterocycles. The van der Waals surface area contributed by atoms with Crippen LogP contribution < -0.4 is 15.4 Å². The van der Waals surface area contributed by atoms with Crippen LogP contribution >= 0.6 is 11.3 Å². The number of halogens is 2. The summed E-state index contributed by atoms with van der Waals surface area (Å²) in [6, 6.07) is 9.63. The molecule has 168 valence electrons. The first-order valence-corrected chi connectivity index (χ1v) is 10.4. The summed E-state index contributed by atoms with van der Waals surface area (Å²) in [4.78, 5) is 24.3. The van der Waals surface area contributed by atoms with Gasteiger partial charge in [-0.3, -0.25) is 9.59 Å². The van der Waals surface area contributed by atoms with E-state index in [1.54, 1.807) is 31.4 Å². The zero-order chi connectivity index (χ0) is 22.9. The number of amides is 2. The highest BCUT2D eigenvalue weighted by molar-refractivity contribution is 7.13. The van der Waals surface area contributed by atoms with Crippen LogP contribution in [0.3, 0.4) is 0 Å². The molecule has 0 aliphatic carbocycles. The van der Waals surface area contributed by atoms with Crippen LogP contribution in [0.25, 0.3) is 0 Å². The molecule has 0 bridgehead atoms. The summed E-state index contributed by atoms with van der Waals surface area (Å²) in [6.07, 6.45) is 0.728. The number of nitrogens with one attached hydrogen (secondary N) is 2.